The van der Waals surface area contributed by atoms with E-state index in [0.29, 0.717) is 12.8 Å². The molecule has 4 nitrogen and oxygen atoms in total. The van der Waals surface area contributed by atoms with E-state index in [1.807, 2.05) is 0 Å². The maximum Gasteiger partial charge on any atom is 0.412 e. The van der Waals surface area contributed by atoms with Crippen LogP contribution < -0.4 is 5.32 Å². The number of aryl methyl sites for hydroxylation is 1. The predicted molar refractivity (Wildman–Crippen MR) is 64.2 cm³/mol. The summed E-state index contributed by atoms with van der Waals surface area (Å²) in [5.41, 5.74) is -0.0608. The Hall–Kier alpha value is -1.53. The minimum atomic E-state index is -4.54. The van der Waals surface area contributed by atoms with Gasteiger partial charge < -0.3 is 5.32 Å². The maximum atomic E-state index is 13.0. The molecule has 0 spiro atoms. The summed E-state index contributed by atoms with van der Waals surface area (Å²) in [7, 11) is 1.53. The van der Waals surface area contributed by atoms with Crippen molar-refractivity contribution in [1.29, 1.82) is 0 Å². The van der Waals surface area contributed by atoms with Gasteiger partial charge in [-0.25, -0.2) is 0 Å². The molecule has 0 saturated heterocycles. The summed E-state index contributed by atoms with van der Waals surface area (Å²) in [6.45, 7) is 3.56. The molecule has 1 rings (SSSR count). The summed E-state index contributed by atoms with van der Waals surface area (Å²) in [5, 5.41) is 5.78. The number of hydrogen-bond donors (Lipinski definition) is 1. The minimum absolute atomic E-state index is 0.0608. The highest BCUT2D eigenvalue weighted by atomic mass is 19.4. The molecule has 0 fully saturated rings. The lowest BCUT2D eigenvalue weighted by atomic mass is 10.0. The summed E-state index contributed by atoms with van der Waals surface area (Å²) in [5.74, 6) is -0.974. The minimum Gasteiger partial charge on any atom is -0.340 e. The SMILES string of the molecule is CCC(CC)C(=O)N[C@H](c1cnn(C)c1)C(F)(F)F. The van der Waals surface area contributed by atoms with Crippen LogP contribution in [-0.4, -0.2) is 21.9 Å². The van der Waals surface area contributed by atoms with Crippen LogP contribution in [0.15, 0.2) is 12.4 Å². The second kappa shape index (κ2) is 6.08. The Labute approximate surface area is 110 Å². The van der Waals surface area contributed by atoms with Crippen molar-refractivity contribution in [2.45, 2.75) is 38.9 Å². The number of hydrogen-bond acceptors (Lipinski definition) is 2. The van der Waals surface area contributed by atoms with Crippen molar-refractivity contribution in [3.63, 3.8) is 0 Å². The lowest BCUT2D eigenvalue weighted by molar-refractivity contribution is -0.164. The van der Waals surface area contributed by atoms with Crippen molar-refractivity contribution in [2.75, 3.05) is 0 Å². The number of carbonyl (C=O) groups is 1. The first-order valence-corrected chi connectivity index (χ1v) is 6.15. The topological polar surface area (TPSA) is 46.9 Å². The second-order valence-corrected chi connectivity index (χ2v) is 4.44. The maximum absolute atomic E-state index is 13.0. The van der Waals surface area contributed by atoms with Gasteiger partial charge in [0.15, 0.2) is 6.04 Å². The third-order valence-corrected chi connectivity index (χ3v) is 3.03. The zero-order valence-electron chi connectivity index (χ0n) is 11.2. The molecular weight excluding hydrogens is 259 g/mol. The van der Waals surface area contributed by atoms with Crippen LogP contribution in [0.2, 0.25) is 0 Å². The lowest BCUT2D eigenvalue weighted by Gasteiger charge is -2.23. The highest BCUT2D eigenvalue weighted by Gasteiger charge is 2.43. The molecule has 1 N–H and O–H groups in total. The fourth-order valence-corrected chi connectivity index (χ4v) is 1.86. The van der Waals surface area contributed by atoms with Crippen LogP contribution in [-0.2, 0) is 11.8 Å². The zero-order chi connectivity index (χ0) is 14.6. The lowest BCUT2D eigenvalue weighted by Crippen LogP contribution is -2.40. The molecular formula is C12H18F3N3O. The monoisotopic (exact) mass is 277 g/mol. The van der Waals surface area contributed by atoms with E-state index in [1.165, 1.54) is 17.9 Å². The van der Waals surface area contributed by atoms with Gasteiger partial charge >= 0.3 is 6.18 Å². The average molecular weight is 277 g/mol. The quantitative estimate of drug-likeness (QED) is 0.899. The zero-order valence-corrected chi connectivity index (χ0v) is 11.2. The molecule has 0 saturated carbocycles. The summed E-state index contributed by atoms with van der Waals surface area (Å²) < 4.78 is 40.3. The highest BCUT2D eigenvalue weighted by molar-refractivity contribution is 5.79. The normalized spacial score (nSPS) is 13.6. The van der Waals surface area contributed by atoms with Crippen LogP contribution in [0.25, 0.3) is 0 Å². The number of nitrogens with one attached hydrogen (secondary N) is 1. The van der Waals surface area contributed by atoms with Crippen molar-refractivity contribution >= 4 is 5.91 Å². The molecule has 0 aliphatic heterocycles. The van der Waals surface area contributed by atoms with Crippen molar-refractivity contribution in [2.24, 2.45) is 13.0 Å². The molecule has 0 aromatic carbocycles. The molecule has 0 aliphatic rings. The van der Waals surface area contributed by atoms with Crippen LogP contribution >= 0.6 is 0 Å². The van der Waals surface area contributed by atoms with E-state index < -0.39 is 24.0 Å². The Morgan fingerprint density at radius 3 is 2.37 bits per heavy atom. The summed E-state index contributed by atoms with van der Waals surface area (Å²) in [4.78, 5) is 11.8. The molecule has 19 heavy (non-hydrogen) atoms. The summed E-state index contributed by atoms with van der Waals surface area (Å²) in [6, 6.07) is -2.01. The van der Waals surface area contributed by atoms with Gasteiger partial charge in [-0.1, -0.05) is 13.8 Å². The number of rotatable bonds is 5. The van der Waals surface area contributed by atoms with E-state index in [4.69, 9.17) is 0 Å². The molecule has 1 amide bonds. The third kappa shape index (κ3) is 3.97. The van der Waals surface area contributed by atoms with E-state index in [1.54, 1.807) is 13.8 Å². The van der Waals surface area contributed by atoms with E-state index >= 15 is 0 Å². The number of nitrogens with zero attached hydrogens (tertiary/aromatic N) is 2. The molecule has 0 radical (unpaired) electrons. The summed E-state index contributed by atoms with van der Waals surface area (Å²) >= 11 is 0. The van der Waals surface area contributed by atoms with Gasteiger partial charge in [0, 0.05) is 24.7 Å². The molecule has 0 unspecified atom stereocenters. The van der Waals surface area contributed by atoms with E-state index in [2.05, 4.69) is 10.4 Å². The highest BCUT2D eigenvalue weighted by Crippen LogP contribution is 2.32. The van der Waals surface area contributed by atoms with Crippen LogP contribution in [0.1, 0.15) is 38.3 Å². The van der Waals surface area contributed by atoms with E-state index in [-0.39, 0.29) is 5.56 Å². The molecule has 0 bridgehead atoms. The van der Waals surface area contributed by atoms with Gasteiger partial charge in [-0.05, 0) is 12.8 Å². The predicted octanol–water partition coefficient (Wildman–Crippen LogP) is 2.58. The van der Waals surface area contributed by atoms with Gasteiger partial charge in [0.05, 0.1) is 6.20 Å². The van der Waals surface area contributed by atoms with Crippen LogP contribution in [0.3, 0.4) is 0 Å². The third-order valence-electron chi connectivity index (χ3n) is 3.03. The van der Waals surface area contributed by atoms with Gasteiger partial charge in [-0.2, -0.15) is 18.3 Å². The molecule has 7 heteroatoms. The average Bonchev–Trinajstić information content (AvgIpc) is 2.72. The van der Waals surface area contributed by atoms with Gasteiger partial charge in [0.2, 0.25) is 5.91 Å². The van der Waals surface area contributed by atoms with Gasteiger partial charge in [0.1, 0.15) is 0 Å². The molecule has 0 aliphatic carbocycles. The number of alkyl halides is 3. The van der Waals surface area contributed by atoms with Crippen molar-refractivity contribution < 1.29 is 18.0 Å². The van der Waals surface area contributed by atoms with Crippen LogP contribution in [0.5, 0.6) is 0 Å². The second-order valence-electron chi connectivity index (χ2n) is 4.44. The first-order valence-electron chi connectivity index (χ1n) is 6.15. The van der Waals surface area contributed by atoms with Crippen molar-refractivity contribution in [3.05, 3.63) is 18.0 Å². The fourth-order valence-electron chi connectivity index (χ4n) is 1.86. The Balaban J connectivity index is 2.91. The standard InChI is InChI=1S/C12H18F3N3O/c1-4-8(5-2)11(19)17-10(12(13,14)15)9-6-16-18(3)7-9/h6-8,10H,4-5H2,1-3H3,(H,17,19)/t10-/m1/s1. The van der Waals surface area contributed by atoms with Gasteiger partial charge in [0.25, 0.3) is 0 Å². The van der Waals surface area contributed by atoms with Crippen LogP contribution in [0, 0.1) is 5.92 Å². The molecule has 1 atom stereocenters. The molecule has 1 aromatic rings. The number of halogens is 3. The number of aromatic nitrogens is 2. The fraction of sp³-hybridized carbons (Fsp3) is 0.667. The molecule has 108 valence electrons. The first kappa shape index (κ1) is 15.5. The number of carbonyl (C=O) groups excluding carboxylic acids is 1. The van der Waals surface area contributed by atoms with Crippen LogP contribution in [0.4, 0.5) is 13.2 Å². The van der Waals surface area contributed by atoms with Crippen molar-refractivity contribution in [1.82, 2.24) is 15.1 Å². The summed E-state index contributed by atoms with van der Waals surface area (Å²) in [6.07, 6.45) is -1.14. The van der Waals surface area contributed by atoms with E-state index in [0.717, 1.165) is 6.20 Å². The van der Waals surface area contributed by atoms with Gasteiger partial charge in [-0.15, -0.1) is 0 Å². The Kier molecular flexibility index (Phi) is 4.97. The Morgan fingerprint density at radius 2 is 2.00 bits per heavy atom. The van der Waals surface area contributed by atoms with Gasteiger partial charge in [-0.3, -0.25) is 9.48 Å². The Morgan fingerprint density at radius 1 is 1.42 bits per heavy atom. The van der Waals surface area contributed by atoms with Crippen molar-refractivity contribution in [3.8, 4) is 0 Å². The Bertz CT molecular complexity index is 424. The number of amides is 1. The molecule has 1 heterocycles. The van der Waals surface area contributed by atoms with E-state index in [9.17, 15) is 18.0 Å². The molecule has 1 aromatic heterocycles. The first-order chi connectivity index (χ1) is 8.79. The largest absolute Gasteiger partial charge is 0.412 e. The smallest absolute Gasteiger partial charge is 0.340 e.